The first-order valence-corrected chi connectivity index (χ1v) is 5.14. The summed E-state index contributed by atoms with van der Waals surface area (Å²) in [5, 5.41) is 0. The number of nitrogens with zero attached hydrogens (tertiary/aromatic N) is 3. The summed E-state index contributed by atoms with van der Waals surface area (Å²) in [5.74, 6) is 1.68. The molecule has 0 aliphatic carbocycles. The normalized spacial score (nSPS) is 10.0. The number of hydrogen-bond donors (Lipinski definition) is 0. The highest BCUT2D eigenvalue weighted by Crippen LogP contribution is 2.22. The minimum Gasteiger partial charge on any atom is -0.355 e. The maximum Gasteiger partial charge on any atom is 0.146 e. The summed E-state index contributed by atoms with van der Waals surface area (Å²) in [4.78, 5) is 10.5. The quantitative estimate of drug-likeness (QED) is 0.778. The molecule has 0 amide bonds. The lowest BCUT2D eigenvalue weighted by molar-refractivity contribution is 0.917. The zero-order valence-electron chi connectivity index (χ0n) is 8.71. The Hall–Kier alpha value is -0.900. The van der Waals surface area contributed by atoms with Crippen molar-refractivity contribution in [3.05, 3.63) is 28.6 Å². The molecule has 0 N–H and O–H groups in total. The van der Waals surface area contributed by atoms with Crippen LogP contribution in [0.3, 0.4) is 0 Å². The van der Waals surface area contributed by atoms with Gasteiger partial charge in [-0.2, -0.15) is 0 Å². The molecule has 4 heteroatoms. The fourth-order valence-electron chi connectivity index (χ4n) is 1.19. The summed E-state index contributed by atoms with van der Waals surface area (Å²) in [6, 6.07) is 0. The average molecular weight is 256 g/mol. The standard InChI is InChI=1S/C10H14BrN3/c1-7(2)6-14(4)10-9(11)5-12-8(3)13-10/h5H,1,6H2,2-4H3. The van der Waals surface area contributed by atoms with Crippen molar-refractivity contribution in [2.75, 3.05) is 18.5 Å². The summed E-state index contributed by atoms with van der Waals surface area (Å²) in [6.45, 7) is 8.55. The second kappa shape index (κ2) is 4.55. The van der Waals surface area contributed by atoms with Crippen LogP contribution in [0.15, 0.2) is 22.8 Å². The maximum absolute atomic E-state index is 4.35. The molecule has 14 heavy (non-hydrogen) atoms. The SMILES string of the molecule is C=C(C)CN(C)c1nc(C)ncc1Br. The summed E-state index contributed by atoms with van der Waals surface area (Å²) < 4.78 is 0.909. The first-order valence-electron chi connectivity index (χ1n) is 4.35. The number of anilines is 1. The lowest BCUT2D eigenvalue weighted by Crippen LogP contribution is -2.21. The van der Waals surface area contributed by atoms with E-state index in [2.05, 4.69) is 32.5 Å². The van der Waals surface area contributed by atoms with Gasteiger partial charge in [0.15, 0.2) is 0 Å². The Kier molecular flexibility index (Phi) is 3.63. The Balaban J connectivity index is 2.93. The number of aromatic nitrogens is 2. The Bertz CT molecular complexity index is 349. The predicted octanol–water partition coefficient (Wildman–Crippen LogP) is 2.56. The average Bonchev–Trinajstić information content (AvgIpc) is 2.08. The van der Waals surface area contributed by atoms with Gasteiger partial charge in [0.05, 0.1) is 4.47 Å². The van der Waals surface area contributed by atoms with Crippen LogP contribution in [0.4, 0.5) is 5.82 Å². The molecule has 0 radical (unpaired) electrons. The van der Waals surface area contributed by atoms with Gasteiger partial charge in [-0.3, -0.25) is 0 Å². The topological polar surface area (TPSA) is 29.0 Å². The van der Waals surface area contributed by atoms with Gasteiger partial charge in [-0.05, 0) is 29.8 Å². The van der Waals surface area contributed by atoms with E-state index in [4.69, 9.17) is 0 Å². The molecule has 0 atom stereocenters. The van der Waals surface area contributed by atoms with Gasteiger partial charge in [-0.25, -0.2) is 9.97 Å². The minimum atomic E-state index is 0.775. The minimum absolute atomic E-state index is 0.775. The van der Waals surface area contributed by atoms with Gasteiger partial charge in [-0.1, -0.05) is 12.2 Å². The van der Waals surface area contributed by atoms with Crippen LogP contribution >= 0.6 is 15.9 Å². The van der Waals surface area contributed by atoms with E-state index in [9.17, 15) is 0 Å². The van der Waals surface area contributed by atoms with Crippen molar-refractivity contribution in [3.8, 4) is 0 Å². The fraction of sp³-hybridized carbons (Fsp3) is 0.400. The van der Waals surface area contributed by atoms with Gasteiger partial charge in [-0.15, -0.1) is 0 Å². The molecule has 0 fully saturated rings. The van der Waals surface area contributed by atoms with Gasteiger partial charge in [0.2, 0.25) is 0 Å². The molecule has 0 aliphatic rings. The molecule has 0 saturated heterocycles. The molecule has 0 unspecified atom stereocenters. The van der Waals surface area contributed by atoms with E-state index in [0.717, 1.165) is 28.2 Å². The molecule has 1 aromatic rings. The molecule has 76 valence electrons. The van der Waals surface area contributed by atoms with Crippen molar-refractivity contribution in [1.82, 2.24) is 9.97 Å². The molecule has 1 rings (SSSR count). The molecule has 0 aromatic carbocycles. The van der Waals surface area contributed by atoms with E-state index in [1.165, 1.54) is 0 Å². The van der Waals surface area contributed by atoms with Crippen LogP contribution < -0.4 is 4.90 Å². The molecule has 1 heterocycles. The van der Waals surface area contributed by atoms with Gasteiger partial charge >= 0.3 is 0 Å². The van der Waals surface area contributed by atoms with Gasteiger partial charge in [0.1, 0.15) is 11.6 Å². The molecule has 0 spiro atoms. The summed E-state index contributed by atoms with van der Waals surface area (Å²) in [5.41, 5.74) is 1.11. The Morgan fingerprint density at radius 1 is 1.64 bits per heavy atom. The van der Waals surface area contributed by atoms with Gasteiger partial charge in [0.25, 0.3) is 0 Å². The largest absolute Gasteiger partial charge is 0.355 e. The highest BCUT2D eigenvalue weighted by atomic mass is 79.9. The van der Waals surface area contributed by atoms with Crippen LogP contribution in [0, 0.1) is 6.92 Å². The first kappa shape index (κ1) is 11.2. The highest BCUT2D eigenvalue weighted by Gasteiger charge is 2.07. The summed E-state index contributed by atoms with van der Waals surface area (Å²) in [7, 11) is 1.99. The Labute approximate surface area is 93.0 Å². The van der Waals surface area contributed by atoms with Gasteiger partial charge < -0.3 is 4.90 Å². The monoisotopic (exact) mass is 255 g/mol. The molecule has 1 aromatic heterocycles. The van der Waals surface area contributed by atoms with Crippen molar-refractivity contribution in [3.63, 3.8) is 0 Å². The molecule has 0 saturated carbocycles. The molecule has 0 bridgehead atoms. The summed E-state index contributed by atoms with van der Waals surface area (Å²) >= 11 is 3.42. The van der Waals surface area contributed by atoms with Crippen molar-refractivity contribution in [2.24, 2.45) is 0 Å². The lowest BCUT2D eigenvalue weighted by Gasteiger charge is -2.19. The number of rotatable bonds is 3. The molecular formula is C10H14BrN3. The smallest absolute Gasteiger partial charge is 0.146 e. The lowest BCUT2D eigenvalue weighted by atomic mass is 10.3. The fourth-order valence-corrected chi connectivity index (χ4v) is 1.68. The van der Waals surface area contributed by atoms with Crippen LogP contribution in [-0.4, -0.2) is 23.6 Å². The summed E-state index contributed by atoms with van der Waals surface area (Å²) in [6.07, 6.45) is 1.77. The third-order valence-electron chi connectivity index (χ3n) is 1.71. The predicted molar refractivity (Wildman–Crippen MR) is 62.6 cm³/mol. The molecular weight excluding hydrogens is 242 g/mol. The zero-order valence-corrected chi connectivity index (χ0v) is 10.3. The van der Waals surface area contributed by atoms with Crippen LogP contribution in [0.25, 0.3) is 0 Å². The molecule has 0 aliphatic heterocycles. The van der Waals surface area contributed by atoms with Crippen molar-refractivity contribution >= 4 is 21.7 Å². The van der Waals surface area contributed by atoms with Crippen LogP contribution in [0.2, 0.25) is 0 Å². The van der Waals surface area contributed by atoms with E-state index in [0.29, 0.717) is 0 Å². The maximum atomic E-state index is 4.35. The van der Waals surface area contributed by atoms with Crippen molar-refractivity contribution < 1.29 is 0 Å². The van der Waals surface area contributed by atoms with E-state index >= 15 is 0 Å². The van der Waals surface area contributed by atoms with E-state index in [1.54, 1.807) is 6.20 Å². The van der Waals surface area contributed by atoms with Crippen LogP contribution in [-0.2, 0) is 0 Å². The first-order chi connectivity index (χ1) is 6.50. The van der Waals surface area contributed by atoms with E-state index in [1.807, 2.05) is 25.8 Å². The van der Waals surface area contributed by atoms with Crippen LogP contribution in [0.5, 0.6) is 0 Å². The second-order valence-electron chi connectivity index (χ2n) is 3.40. The van der Waals surface area contributed by atoms with Crippen LogP contribution in [0.1, 0.15) is 12.7 Å². The van der Waals surface area contributed by atoms with E-state index in [-0.39, 0.29) is 0 Å². The number of hydrogen-bond acceptors (Lipinski definition) is 3. The third-order valence-corrected chi connectivity index (χ3v) is 2.27. The van der Waals surface area contributed by atoms with E-state index < -0.39 is 0 Å². The number of halogens is 1. The van der Waals surface area contributed by atoms with Gasteiger partial charge in [0, 0.05) is 19.8 Å². The zero-order chi connectivity index (χ0) is 10.7. The number of likely N-dealkylation sites (N-methyl/N-ethyl adjacent to an activating group) is 1. The third kappa shape index (κ3) is 2.80. The van der Waals surface area contributed by atoms with Crippen molar-refractivity contribution in [1.29, 1.82) is 0 Å². The highest BCUT2D eigenvalue weighted by molar-refractivity contribution is 9.10. The molecule has 3 nitrogen and oxygen atoms in total. The second-order valence-corrected chi connectivity index (χ2v) is 4.26. The van der Waals surface area contributed by atoms with Crippen molar-refractivity contribution in [2.45, 2.75) is 13.8 Å². The number of aryl methyl sites for hydroxylation is 1. The Morgan fingerprint density at radius 3 is 2.86 bits per heavy atom. The Morgan fingerprint density at radius 2 is 2.29 bits per heavy atom.